The molecule has 2 amide bonds. The van der Waals surface area contributed by atoms with E-state index in [-0.39, 0.29) is 11.8 Å². The molecule has 4 nitrogen and oxygen atoms in total. The molecule has 0 bridgehead atoms. The Morgan fingerprint density at radius 1 is 0.708 bits per heavy atom. The maximum atomic E-state index is 11.9. The van der Waals surface area contributed by atoms with E-state index in [1.165, 1.54) is 38.5 Å². The van der Waals surface area contributed by atoms with Crippen LogP contribution < -0.4 is 10.6 Å². The summed E-state index contributed by atoms with van der Waals surface area (Å²) in [5, 5.41) is 5.97. The van der Waals surface area contributed by atoms with Gasteiger partial charge in [-0.15, -0.1) is 0 Å². The molecule has 0 aliphatic rings. The van der Waals surface area contributed by atoms with Crippen LogP contribution in [0.1, 0.15) is 91.9 Å². The minimum Gasteiger partial charge on any atom is -0.356 e. The van der Waals surface area contributed by atoms with Gasteiger partial charge in [0.15, 0.2) is 0 Å². The SMILES string of the molecule is CCCC[C@@H](CC)CNC(=O)CCC(=O)NC[C@H](CC)CCCC. The molecule has 0 aromatic rings. The Balaban J connectivity index is 3.86. The highest BCUT2D eigenvalue weighted by Gasteiger charge is 2.11. The van der Waals surface area contributed by atoms with Crippen molar-refractivity contribution in [3.63, 3.8) is 0 Å². The van der Waals surface area contributed by atoms with Crippen molar-refractivity contribution in [2.24, 2.45) is 11.8 Å². The Kier molecular flexibility index (Phi) is 14.8. The smallest absolute Gasteiger partial charge is 0.220 e. The quantitative estimate of drug-likeness (QED) is 0.463. The van der Waals surface area contributed by atoms with Crippen molar-refractivity contribution >= 4 is 11.8 Å². The Bertz CT molecular complexity index is 300. The van der Waals surface area contributed by atoms with Gasteiger partial charge in [0, 0.05) is 25.9 Å². The molecule has 0 radical (unpaired) electrons. The topological polar surface area (TPSA) is 58.2 Å². The second-order valence-electron chi connectivity index (χ2n) is 6.94. The van der Waals surface area contributed by atoms with Crippen molar-refractivity contribution in [1.82, 2.24) is 10.6 Å². The second kappa shape index (κ2) is 15.5. The minimum atomic E-state index is -0.00174. The zero-order valence-electron chi connectivity index (χ0n) is 16.5. The summed E-state index contributed by atoms with van der Waals surface area (Å²) >= 11 is 0. The Morgan fingerprint density at radius 3 is 1.38 bits per heavy atom. The molecule has 142 valence electrons. The predicted octanol–water partition coefficient (Wildman–Crippen LogP) is 4.43. The molecule has 0 aromatic heterocycles. The highest BCUT2D eigenvalue weighted by Crippen LogP contribution is 2.12. The van der Waals surface area contributed by atoms with Gasteiger partial charge in [-0.05, 0) is 24.7 Å². The fraction of sp³-hybridized carbons (Fsp3) is 0.900. The van der Waals surface area contributed by atoms with Crippen LogP contribution in [0.2, 0.25) is 0 Å². The molecule has 0 saturated heterocycles. The molecule has 0 saturated carbocycles. The summed E-state index contributed by atoms with van der Waals surface area (Å²) in [4.78, 5) is 23.8. The molecule has 4 heteroatoms. The van der Waals surface area contributed by atoms with Crippen molar-refractivity contribution in [2.45, 2.75) is 91.9 Å². The maximum absolute atomic E-state index is 11.9. The summed E-state index contributed by atoms with van der Waals surface area (Å²) in [6, 6.07) is 0. The van der Waals surface area contributed by atoms with E-state index in [1.807, 2.05) is 0 Å². The monoisotopic (exact) mass is 340 g/mol. The molecular weight excluding hydrogens is 300 g/mol. The van der Waals surface area contributed by atoms with Crippen molar-refractivity contribution in [1.29, 1.82) is 0 Å². The number of nitrogens with one attached hydrogen (secondary N) is 2. The van der Waals surface area contributed by atoms with Gasteiger partial charge in [-0.1, -0.05) is 66.2 Å². The third-order valence-corrected chi connectivity index (χ3v) is 4.84. The standard InChI is InChI=1S/C20H40N2O2/c1-5-9-11-17(7-3)15-21-19(23)13-14-20(24)22-16-18(8-4)12-10-6-2/h17-18H,5-16H2,1-4H3,(H,21,23)(H,22,24)/t17-,18-/m1/s1. The van der Waals surface area contributed by atoms with Crippen LogP contribution in [0, 0.1) is 11.8 Å². The molecule has 24 heavy (non-hydrogen) atoms. The molecule has 2 N–H and O–H groups in total. The zero-order chi connectivity index (χ0) is 18.2. The molecular formula is C20H40N2O2. The average molecular weight is 341 g/mol. The zero-order valence-corrected chi connectivity index (χ0v) is 16.5. The lowest BCUT2D eigenvalue weighted by molar-refractivity contribution is -0.126. The lowest BCUT2D eigenvalue weighted by Gasteiger charge is -2.16. The first-order valence-corrected chi connectivity index (χ1v) is 10.1. The molecule has 0 aliphatic carbocycles. The Labute approximate surface area is 149 Å². The van der Waals surface area contributed by atoms with E-state index in [1.54, 1.807) is 0 Å². The fourth-order valence-corrected chi connectivity index (χ4v) is 2.81. The van der Waals surface area contributed by atoms with E-state index in [0.717, 1.165) is 25.9 Å². The van der Waals surface area contributed by atoms with Crippen LogP contribution in [0.15, 0.2) is 0 Å². The van der Waals surface area contributed by atoms with Gasteiger partial charge in [0.25, 0.3) is 0 Å². The molecule has 0 fully saturated rings. The van der Waals surface area contributed by atoms with Gasteiger partial charge in [-0.25, -0.2) is 0 Å². The van der Waals surface area contributed by atoms with Crippen molar-refractivity contribution in [2.75, 3.05) is 13.1 Å². The predicted molar refractivity (Wildman–Crippen MR) is 102 cm³/mol. The number of carbonyl (C=O) groups is 2. The largest absolute Gasteiger partial charge is 0.356 e. The molecule has 0 aromatic carbocycles. The molecule has 2 atom stereocenters. The van der Waals surface area contributed by atoms with E-state index in [0.29, 0.717) is 24.7 Å². The van der Waals surface area contributed by atoms with Crippen molar-refractivity contribution in [3.05, 3.63) is 0 Å². The first kappa shape index (κ1) is 22.9. The van der Waals surface area contributed by atoms with Crippen LogP contribution in [0.3, 0.4) is 0 Å². The van der Waals surface area contributed by atoms with Crippen LogP contribution in [0.5, 0.6) is 0 Å². The van der Waals surface area contributed by atoms with Crippen LogP contribution in [-0.2, 0) is 9.59 Å². The highest BCUT2D eigenvalue weighted by atomic mass is 16.2. The van der Waals surface area contributed by atoms with Gasteiger partial charge in [0.2, 0.25) is 11.8 Å². The van der Waals surface area contributed by atoms with Crippen molar-refractivity contribution in [3.8, 4) is 0 Å². The average Bonchev–Trinajstić information content (AvgIpc) is 2.60. The lowest BCUT2D eigenvalue weighted by atomic mass is 9.99. The molecule has 0 spiro atoms. The number of rotatable bonds is 15. The highest BCUT2D eigenvalue weighted by molar-refractivity contribution is 5.83. The normalized spacial score (nSPS) is 13.3. The van der Waals surface area contributed by atoms with E-state index in [2.05, 4.69) is 38.3 Å². The summed E-state index contributed by atoms with van der Waals surface area (Å²) in [7, 11) is 0. The number of hydrogen-bond donors (Lipinski definition) is 2. The number of unbranched alkanes of at least 4 members (excludes halogenated alkanes) is 2. The summed E-state index contributed by atoms with van der Waals surface area (Å²) < 4.78 is 0. The minimum absolute atomic E-state index is 0.00174. The van der Waals surface area contributed by atoms with E-state index in [4.69, 9.17) is 0 Å². The van der Waals surface area contributed by atoms with Gasteiger partial charge in [-0.2, -0.15) is 0 Å². The Hall–Kier alpha value is -1.06. The lowest BCUT2D eigenvalue weighted by Crippen LogP contribution is -2.32. The summed E-state index contributed by atoms with van der Waals surface area (Å²) in [6.07, 6.45) is 9.94. The van der Waals surface area contributed by atoms with E-state index in [9.17, 15) is 9.59 Å². The maximum Gasteiger partial charge on any atom is 0.220 e. The molecule has 0 heterocycles. The first-order valence-electron chi connectivity index (χ1n) is 10.1. The number of hydrogen-bond acceptors (Lipinski definition) is 2. The second-order valence-corrected chi connectivity index (χ2v) is 6.94. The molecule has 0 rings (SSSR count). The first-order chi connectivity index (χ1) is 11.6. The van der Waals surface area contributed by atoms with Gasteiger partial charge in [0.05, 0.1) is 0 Å². The van der Waals surface area contributed by atoms with Gasteiger partial charge in [-0.3, -0.25) is 9.59 Å². The van der Waals surface area contributed by atoms with Crippen LogP contribution in [0.25, 0.3) is 0 Å². The molecule has 0 aliphatic heterocycles. The summed E-state index contributed by atoms with van der Waals surface area (Å²) in [6.45, 7) is 10.2. The van der Waals surface area contributed by atoms with Gasteiger partial charge >= 0.3 is 0 Å². The summed E-state index contributed by atoms with van der Waals surface area (Å²) in [5.74, 6) is 1.12. The van der Waals surface area contributed by atoms with Crippen molar-refractivity contribution < 1.29 is 9.59 Å². The summed E-state index contributed by atoms with van der Waals surface area (Å²) in [5.41, 5.74) is 0. The van der Waals surface area contributed by atoms with Crippen LogP contribution >= 0.6 is 0 Å². The molecule has 0 unspecified atom stereocenters. The van der Waals surface area contributed by atoms with E-state index >= 15 is 0 Å². The third kappa shape index (κ3) is 12.4. The van der Waals surface area contributed by atoms with Crippen LogP contribution in [0.4, 0.5) is 0 Å². The van der Waals surface area contributed by atoms with Gasteiger partial charge < -0.3 is 10.6 Å². The van der Waals surface area contributed by atoms with Crippen LogP contribution in [-0.4, -0.2) is 24.9 Å². The number of amides is 2. The van der Waals surface area contributed by atoms with E-state index < -0.39 is 0 Å². The number of carbonyl (C=O) groups excluding carboxylic acids is 2. The van der Waals surface area contributed by atoms with Gasteiger partial charge in [0.1, 0.15) is 0 Å². The Morgan fingerprint density at radius 2 is 1.08 bits per heavy atom. The fourth-order valence-electron chi connectivity index (χ4n) is 2.81. The third-order valence-electron chi connectivity index (χ3n) is 4.84.